The quantitative estimate of drug-likeness (QED) is 0.428. The van der Waals surface area contributed by atoms with Crippen molar-refractivity contribution in [2.75, 3.05) is 19.8 Å². The first-order valence-electron chi connectivity index (χ1n) is 10.8. The molecule has 0 amide bonds. The van der Waals surface area contributed by atoms with Gasteiger partial charge < -0.3 is 43.8 Å². The normalized spacial score (nSPS) is 26.4. The number of aliphatic hydroxyl groups is 4. The summed E-state index contributed by atoms with van der Waals surface area (Å²) < 4.78 is 28.1. The number of fused-ring (bicyclic) bond motifs is 2. The van der Waals surface area contributed by atoms with Crippen LogP contribution in [-0.2, 0) is 4.74 Å². The van der Waals surface area contributed by atoms with Gasteiger partial charge in [-0.1, -0.05) is 6.07 Å². The van der Waals surface area contributed by atoms with Gasteiger partial charge in [0.2, 0.25) is 11.7 Å². The van der Waals surface area contributed by atoms with Crippen molar-refractivity contribution in [1.29, 1.82) is 0 Å². The van der Waals surface area contributed by atoms with E-state index in [9.17, 15) is 25.2 Å². The van der Waals surface area contributed by atoms with Crippen molar-refractivity contribution in [3.63, 3.8) is 0 Å². The maximum Gasteiger partial charge on any atom is 0.229 e. The fraction of sp³-hybridized carbons (Fsp3) is 0.375. The van der Waals surface area contributed by atoms with Crippen molar-refractivity contribution >= 4 is 11.0 Å². The average molecular weight is 472 g/mol. The molecule has 3 aromatic rings. The van der Waals surface area contributed by atoms with Gasteiger partial charge in [-0.2, -0.15) is 0 Å². The Morgan fingerprint density at radius 3 is 2.50 bits per heavy atom. The molecule has 34 heavy (non-hydrogen) atoms. The summed E-state index contributed by atoms with van der Waals surface area (Å²) in [4.78, 5) is 13.3. The molecule has 1 saturated heterocycles. The molecule has 5 rings (SSSR count). The molecular formula is C24H24O10. The SMILES string of the molecule is Cc1oc2cc(O[C@@H]3O[C@H](CO)[C@@H](O)[C@H](O)[C@H]3O)ccc2c(=O)c1-c1ccc2c(c1)OCCO2. The van der Waals surface area contributed by atoms with Gasteiger partial charge >= 0.3 is 0 Å². The highest BCUT2D eigenvalue weighted by atomic mass is 16.7. The lowest BCUT2D eigenvalue weighted by molar-refractivity contribution is -0.277. The van der Waals surface area contributed by atoms with Crippen LogP contribution >= 0.6 is 0 Å². The summed E-state index contributed by atoms with van der Waals surface area (Å²) in [6, 6.07) is 9.78. The summed E-state index contributed by atoms with van der Waals surface area (Å²) in [5.74, 6) is 1.77. The van der Waals surface area contributed by atoms with Gasteiger partial charge in [0.15, 0.2) is 11.5 Å². The third kappa shape index (κ3) is 3.89. The predicted octanol–water partition coefficient (Wildman–Crippen LogP) is 0.718. The molecule has 1 aromatic heterocycles. The van der Waals surface area contributed by atoms with Crippen LogP contribution in [0.4, 0.5) is 0 Å². The first kappa shape index (κ1) is 22.6. The molecule has 180 valence electrons. The monoisotopic (exact) mass is 472 g/mol. The molecule has 2 aromatic carbocycles. The Labute approximate surface area is 193 Å². The van der Waals surface area contributed by atoms with E-state index < -0.39 is 37.3 Å². The van der Waals surface area contributed by atoms with Crippen LogP contribution in [0.15, 0.2) is 45.6 Å². The van der Waals surface area contributed by atoms with E-state index in [2.05, 4.69) is 0 Å². The molecule has 4 N–H and O–H groups in total. The van der Waals surface area contributed by atoms with Crippen LogP contribution in [0.2, 0.25) is 0 Å². The first-order chi connectivity index (χ1) is 16.4. The Hall–Kier alpha value is -3.15. The van der Waals surface area contributed by atoms with Crippen LogP contribution in [0.5, 0.6) is 17.2 Å². The third-order valence-corrected chi connectivity index (χ3v) is 5.97. The lowest BCUT2D eigenvalue weighted by Gasteiger charge is -2.39. The summed E-state index contributed by atoms with van der Waals surface area (Å²) in [5.41, 5.74) is 1.05. The lowest BCUT2D eigenvalue weighted by atomic mass is 9.99. The van der Waals surface area contributed by atoms with E-state index >= 15 is 0 Å². The lowest BCUT2D eigenvalue weighted by Crippen LogP contribution is -2.60. The second-order valence-corrected chi connectivity index (χ2v) is 8.19. The predicted molar refractivity (Wildman–Crippen MR) is 118 cm³/mol. The third-order valence-electron chi connectivity index (χ3n) is 5.97. The summed E-state index contributed by atoms with van der Waals surface area (Å²) in [5, 5.41) is 39.7. The number of aliphatic hydroxyl groups excluding tert-OH is 4. The fourth-order valence-corrected chi connectivity index (χ4v) is 4.19. The molecule has 5 atom stereocenters. The summed E-state index contributed by atoms with van der Waals surface area (Å²) in [6.07, 6.45) is -7.06. The van der Waals surface area contributed by atoms with Crippen molar-refractivity contribution in [2.45, 2.75) is 37.6 Å². The van der Waals surface area contributed by atoms with Gasteiger partial charge in [0.25, 0.3) is 0 Å². The van der Waals surface area contributed by atoms with Crippen LogP contribution in [-0.4, -0.2) is 71.0 Å². The number of ether oxygens (including phenoxy) is 4. The maximum atomic E-state index is 13.3. The van der Waals surface area contributed by atoms with Crippen LogP contribution in [0.1, 0.15) is 5.76 Å². The molecule has 0 radical (unpaired) electrons. The highest BCUT2D eigenvalue weighted by Gasteiger charge is 2.44. The van der Waals surface area contributed by atoms with Gasteiger partial charge in [0.1, 0.15) is 54.7 Å². The average Bonchev–Trinajstić information content (AvgIpc) is 2.84. The maximum absolute atomic E-state index is 13.3. The van der Waals surface area contributed by atoms with E-state index in [0.29, 0.717) is 47.0 Å². The van der Waals surface area contributed by atoms with Gasteiger partial charge in [-0.15, -0.1) is 0 Å². The Morgan fingerprint density at radius 1 is 0.971 bits per heavy atom. The molecular weight excluding hydrogens is 448 g/mol. The fourth-order valence-electron chi connectivity index (χ4n) is 4.19. The van der Waals surface area contributed by atoms with Gasteiger partial charge in [0, 0.05) is 6.07 Å². The van der Waals surface area contributed by atoms with E-state index in [1.54, 1.807) is 25.1 Å². The molecule has 0 spiro atoms. The number of benzene rings is 2. The highest BCUT2D eigenvalue weighted by molar-refractivity contribution is 5.84. The van der Waals surface area contributed by atoms with Gasteiger partial charge in [0.05, 0.1) is 17.6 Å². The van der Waals surface area contributed by atoms with Crippen LogP contribution in [0.25, 0.3) is 22.1 Å². The number of hydrogen-bond donors (Lipinski definition) is 4. The zero-order chi connectivity index (χ0) is 24.0. The Balaban J connectivity index is 1.47. The van der Waals surface area contributed by atoms with Crippen molar-refractivity contribution in [3.05, 3.63) is 52.4 Å². The summed E-state index contributed by atoms with van der Waals surface area (Å²) in [7, 11) is 0. The largest absolute Gasteiger partial charge is 0.486 e. The van der Waals surface area contributed by atoms with E-state index in [1.807, 2.05) is 0 Å². The van der Waals surface area contributed by atoms with Crippen molar-refractivity contribution < 1.29 is 43.8 Å². The number of hydrogen-bond acceptors (Lipinski definition) is 10. The van der Waals surface area contributed by atoms with Crippen molar-refractivity contribution in [3.8, 4) is 28.4 Å². The molecule has 10 nitrogen and oxygen atoms in total. The standard InChI is InChI=1S/C24H24O10/c1-11-19(12-2-5-15-17(8-12)31-7-6-30-15)20(26)14-4-3-13(9-16(14)32-11)33-24-23(29)22(28)21(27)18(10-25)34-24/h2-5,8-9,18,21-25,27-29H,6-7,10H2,1H3/t18-,21-,22+,23-,24-/m1/s1. The summed E-state index contributed by atoms with van der Waals surface area (Å²) >= 11 is 0. The number of rotatable bonds is 4. The molecule has 2 aliphatic rings. The minimum atomic E-state index is -1.56. The Morgan fingerprint density at radius 2 is 1.74 bits per heavy atom. The minimum Gasteiger partial charge on any atom is -0.486 e. The van der Waals surface area contributed by atoms with E-state index in [4.69, 9.17) is 23.4 Å². The van der Waals surface area contributed by atoms with E-state index in [0.717, 1.165) is 0 Å². The van der Waals surface area contributed by atoms with Crippen LogP contribution in [0, 0.1) is 6.92 Å². The number of aryl methyl sites for hydroxylation is 1. The molecule has 0 bridgehead atoms. The smallest absolute Gasteiger partial charge is 0.229 e. The van der Waals surface area contributed by atoms with Gasteiger partial charge in [-0.25, -0.2) is 0 Å². The Bertz CT molecular complexity index is 1270. The molecule has 0 aliphatic carbocycles. The topological polar surface area (TPSA) is 148 Å². The van der Waals surface area contributed by atoms with Crippen molar-refractivity contribution in [1.82, 2.24) is 0 Å². The highest BCUT2D eigenvalue weighted by Crippen LogP contribution is 2.35. The molecule has 0 unspecified atom stereocenters. The van der Waals surface area contributed by atoms with Gasteiger partial charge in [-0.3, -0.25) is 4.79 Å². The van der Waals surface area contributed by atoms with Crippen molar-refractivity contribution in [2.24, 2.45) is 0 Å². The second-order valence-electron chi connectivity index (χ2n) is 8.19. The van der Waals surface area contributed by atoms with Crippen LogP contribution < -0.4 is 19.6 Å². The van der Waals surface area contributed by atoms with E-state index in [-0.39, 0.29) is 16.8 Å². The van der Waals surface area contributed by atoms with Crippen LogP contribution in [0.3, 0.4) is 0 Å². The second kappa shape index (κ2) is 8.90. The molecule has 0 saturated carbocycles. The Kier molecular flexibility index (Phi) is 5.92. The molecule has 3 heterocycles. The zero-order valence-corrected chi connectivity index (χ0v) is 18.2. The zero-order valence-electron chi connectivity index (χ0n) is 18.2. The van der Waals surface area contributed by atoms with Gasteiger partial charge in [-0.05, 0) is 36.8 Å². The molecule has 2 aliphatic heterocycles. The molecule has 10 heteroatoms. The van der Waals surface area contributed by atoms with E-state index in [1.165, 1.54) is 18.2 Å². The summed E-state index contributed by atoms with van der Waals surface area (Å²) in [6.45, 7) is 2.01. The molecule has 1 fully saturated rings. The first-order valence-corrected chi connectivity index (χ1v) is 10.8. The minimum absolute atomic E-state index is 0.200.